The summed E-state index contributed by atoms with van der Waals surface area (Å²) in [6.07, 6.45) is 0. The van der Waals surface area contributed by atoms with E-state index in [-0.39, 0.29) is 0 Å². The molecule has 0 aliphatic heterocycles. The van der Waals surface area contributed by atoms with Gasteiger partial charge in [0.2, 0.25) is 0 Å². The maximum Gasteiger partial charge on any atom is 0.184 e. The van der Waals surface area contributed by atoms with Crippen LogP contribution < -0.4 is 5.73 Å². The average molecular weight is 192 g/mol. The molecule has 14 heavy (non-hydrogen) atoms. The molecule has 0 bridgehead atoms. The zero-order chi connectivity index (χ0) is 10.1. The number of halogens is 1. The molecule has 5 heteroatoms. The second kappa shape index (κ2) is 3.10. The van der Waals surface area contributed by atoms with Crippen molar-refractivity contribution in [3.63, 3.8) is 0 Å². The number of nitrogen functional groups attached to an aromatic ring is 1. The Labute approximate surface area is 80.0 Å². The van der Waals surface area contributed by atoms with Crippen LogP contribution in [0.25, 0.3) is 11.4 Å². The number of hydrogen-bond acceptors (Lipinski definition) is 3. The van der Waals surface area contributed by atoms with E-state index in [9.17, 15) is 4.39 Å². The van der Waals surface area contributed by atoms with Crippen LogP contribution in [0.4, 0.5) is 10.1 Å². The van der Waals surface area contributed by atoms with Gasteiger partial charge in [0.25, 0.3) is 0 Å². The Kier molecular flexibility index (Phi) is 1.92. The van der Waals surface area contributed by atoms with E-state index in [4.69, 9.17) is 5.73 Å². The smallest absolute Gasteiger partial charge is 0.184 e. The van der Waals surface area contributed by atoms with Gasteiger partial charge >= 0.3 is 0 Å². The summed E-state index contributed by atoms with van der Waals surface area (Å²) in [5.41, 5.74) is 6.16. The zero-order valence-electron chi connectivity index (χ0n) is 7.58. The fourth-order valence-corrected chi connectivity index (χ4v) is 1.18. The number of nitrogens with zero attached hydrogens (tertiary/aromatic N) is 2. The second-order valence-corrected chi connectivity index (χ2v) is 2.98. The van der Waals surface area contributed by atoms with Crippen molar-refractivity contribution in [1.29, 1.82) is 0 Å². The van der Waals surface area contributed by atoms with Crippen LogP contribution in [-0.2, 0) is 0 Å². The van der Waals surface area contributed by atoms with Gasteiger partial charge in [0.1, 0.15) is 11.6 Å². The van der Waals surface area contributed by atoms with Crippen molar-refractivity contribution in [2.75, 3.05) is 5.73 Å². The Balaban J connectivity index is 2.52. The molecule has 4 nitrogen and oxygen atoms in total. The molecule has 0 unspecified atom stereocenters. The highest BCUT2D eigenvalue weighted by Gasteiger charge is 2.09. The highest BCUT2D eigenvalue weighted by molar-refractivity contribution is 5.59. The predicted molar refractivity (Wildman–Crippen MR) is 50.9 cm³/mol. The lowest BCUT2D eigenvalue weighted by Gasteiger charge is -1.98. The lowest BCUT2D eigenvalue weighted by molar-refractivity contribution is 0.630. The van der Waals surface area contributed by atoms with E-state index in [0.717, 1.165) is 0 Å². The number of hydrogen-bond donors (Lipinski definition) is 2. The summed E-state index contributed by atoms with van der Waals surface area (Å²) in [7, 11) is 0. The third kappa shape index (κ3) is 1.44. The molecule has 0 radical (unpaired) electrons. The van der Waals surface area contributed by atoms with Crippen LogP contribution in [-0.4, -0.2) is 15.2 Å². The van der Waals surface area contributed by atoms with Crippen LogP contribution >= 0.6 is 0 Å². The van der Waals surface area contributed by atoms with E-state index in [1.165, 1.54) is 6.07 Å². The number of anilines is 1. The first-order chi connectivity index (χ1) is 6.66. The zero-order valence-corrected chi connectivity index (χ0v) is 7.58. The van der Waals surface area contributed by atoms with E-state index >= 15 is 0 Å². The fourth-order valence-electron chi connectivity index (χ4n) is 1.18. The van der Waals surface area contributed by atoms with Crippen molar-refractivity contribution < 1.29 is 4.39 Å². The van der Waals surface area contributed by atoms with Gasteiger partial charge < -0.3 is 5.73 Å². The van der Waals surface area contributed by atoms with Crippen LogP contribution in [0.1, 0.15) is 5.82 Å². The Morgan fingerprint density at radius 2 is 2.21 bits per heavy atom. The molecule has 0 amide bonds. The van der Waals surface area contributed by atoms with Crippen molar-refractivity contribution >= 4 is 5.69 Å². The van der Waals surface area contributed by atoms with Gasteiger partial charge in [0.05, 0.1) is 5.56 Å². The Hall–Kier alpha value is -1.91. The topological polar surface area (TPSA) is 67.6 Å². The number of aryl methyl sites for hydroxylation is 1. The molecule has 3 N–H and O–H groups in total. The van der Waals surface area contributed by atoms with Crippen LogP contribution in [0.2, 0.25) is 0 Å². The van der Waals surface area contributed by atoms with Crippen molar-refractivity contribution in [3.05, 3.63) is 29.8 Å². The number of H-pyrrole nitrogens is 1. The molecular formula is C9H9FN4. The van der Waals surface area contributed by atoms with Crippen molar-refractivity contribution in [1.82, 2.24) is 15.2 Å². The first kappa shape index (κ1) is 8.68. The number of nitrogens with two attached hydrogens (primary N) is 1. The maximum atomic E-state index is 13.4. The lowest BCUT2D eigenvalue weighted by atomic mass is 10.2. The third-order valence-corrected chi connectivity index (χ3v) is 1.83. The van der Waals surface area contributed by atoms with E-state index < -0.39 is 5.82 Å². The van der Waals surface area contributed by atoms with Crippen molar-refractivity contribution in [3.8, 4) is 11.4 Å². The molecular weight excluding hydrogens is 183 g/mol. The fraction of sp³-hybridized carbons (Fsp3) is 0.111. The Morgan fingerprint density at radius 1 is 1.43 bits per heavy atom. The average Bonchev–Trinajstić information content (AvgIpc) is 2.51. The van der Waals surface area contributed by atoms with Crippen LogP contribution in [0.5, 0.6) is 0 Å². The molecule has 1 aromatic carbocycles. The summed E-state index contributed by atoms with van der Waals surface area (Å²) >= 11 is 0. The van der Waals surface area contributed by atoms with Crippen LogP contribution in [0.3, 0.4) is 0 Å². The first-order valence-electron chi connectivity index (χ1n) is 4.11. The molecule has 0 fully saturated rings. The van der Waals surface area contributed by atoms with E-state index in [1.54, 1.807) is 19.1 Å². The van der Waals surface area contributed by atoms with Crippen molar-refractivity contribution in [2.45, 2.75) is 6.92 Å². The maximum absolute atomic E-state index is 13.4. The molecule has 72 valence electrons. The van der Waals surface area contributed by atoms with Crippen molar-refractivity contribution in [2.24, 2.45) is 0 Å². The van der Waals surface area contributed by atoms with Gasteiger partial charge in [-0.15, -0.1) is 0 Å². The Morgan fingerprint density at radius 3 is 2.79 bits per heavy atom. The van der Waals surface area contributed by atoms with Crippen LogP contribution in [0, 0.1) is 12.7 Å². The van der Waals surface area contributed by atoms with Gasteiger partial charge in [-0.25, -0.2) is 9.37 Å². The number of benzene rings is 1. The third-order valence-electron chi connectivity index (χ3n) is 1.83. The lowest BCUT2D eigenvalue weighted by Crippen LogP contribution is -1.90. The summed E-state index contributed by atoms with van der Waals surface area (Å²) < 4.78 is 13.4. The molecule has 1 heterocycles. The van der Waals surface area contributed by atoms with Gasteiger partial charge in [-0.2, -0.15) is 5.10 Å². The quantitative estimate of drug-likeness (QED) is 0.673. The normalized spacial score (nSPS) is 10.4. The second-order valence-electron chi connectivity index (χ2n) is 2.98. The van der Waals surface area contributed by atoms with Gasteiger partial charge in [0, 0.05) is 5.69 Å². The highest BCUT2D eigenvalue weighted by atomic mass is 19.1. The van der Waals surface area contributed by atoms with E-state index in [0.29, 0.717) is 22.9 Å². The van der Waals surface area contributed by atoms with Gasteiger partial charge in [-0.1, -0.05) is 0 Å². The number of rotatable bonds is 1. The summed E-state index contributed by atoms with van der Waals surface area (Å²) in [6, 6.07) is 4.43. The number of aromatic nitrogens is 3. The molecule has 1 aromatic heterocycles. The minimum absolute atomic E-state index is 0.347. The minimum atomic E-state index is -0.413. The number of nitrogens with one attached hydrogen (secondary N) is 1. The number of aromatic amines is 1. The molecule has 0 aliphatic rings. The minimum Gasteiger partial charge on any atom is -0.399 e. The highest BCUT2D eigenvalue weighted by Crippen LogP contribution is 2.20. The molecule has 2 aromatic rings. The summed E-state index contributed by atoms with van der Waals surface area (Å²) in [5.74, 6) is 0.584. The summed E-state index contributed by atoms with van der Waals surface area (Å²) in [5, 5.41) is 6.51. The monoisotopic (exact) mass is 192 g/mol. The van der Waals surface area contributed by atoms with Gasteiger partial charge in [0.15, 0.2) is 5.82 Å². The first-order valence-corrected chi connectivity index (χ1v) is 4.11. The van der Waals surface area contributed by atoms with Crippen LogP contribution in [0.15, 0.2) is 18.2 Å². The molecule has 0 saturated heterocycles. The predicted octanol–water partition coefficient (Wildman–Crippen LogP) is 1.50. The SMILES string of the molecule is Cc1nc(-c2ccc(N)cc2F)n[nH]1. The molecule has 0 atom stereocenters. The largest absolute Gasteiger partial charge is 0.399 e. The molecule has 0 aliphatic carbocycles. The summed E-state index contributed by atoms with van der Waals surface area (Å²) in [4.78, 5) is 4.02. The summed E-state index contributed by atoms with van der Waals surface area (Å²) in [6.45, 7) is 1.76. The molecule has 0 spiro atoms. The van der Waals surface area contributed by atoms with Gasteiger partial charge in [-0.05, 0) is 25.1 Å². The molecule has 2 rings (SSSR count). The molecule has 0 saturated carbocycles. The van der Waals surface area contributed by atoms with E-state index in [1.807, 2.05) is 0 Å². The standard InChI is InChI=1S/C9H9FN4/c1-5-12-9(14-13-5)7-3-2-6(11)4-8(7)10/h2-4H,11H2,1H3,(H,12,13,14). The Bertz CT molecular complexity index is 464. The van der Waals surface area contributed by atoms with Gasteiger partial charge in [-0.3, -0.25) is 5.10 Å². The van der Waals surface area contributed by atoms with E-state index in [2.05, 4.69) is 15.2 Å².